The molecule has 1 unspecified atom stereocenters. The Morgan fingerprint density at radius 3 is 2.50 bits per heavy atom. The number of hydrogen-bond acceptors (Lipinski definition) is 5. The van der Waals surface area contributed by atoms with E-state index in [1.54, 1.807) is 12.1 Å². The minimum absolute atomic E-state index is 0.196. The monoisotopic (exact) mass is 343 g/mol. The van der Waals surface area contributed by atoms with Gasteiger partial charge in [-0.25, -0.2) is 4.39 Å². The van der Waals surface area contributed by atoms with Gasteiger partial charge < -0.3 is 24.2 Å². The summed E-state index contributed by atoms with van der Waals surface area (Å²) in [6.45, 7) is 7.18. The van der Waals surface area contributed by atoms with Crippen molar-refractivity contribution in [2.75, 3.05) is 46.6 Å². The van der Waals surface area contributed by atoms with Crippen LogP contribution in [0.3, 0.4) is 0 Å². The molecule has 0 aliphatic heterocycles. The van der Waals surface area contributed by atoms with E-state index in [4.69, 9.17) is 14.2 Å². The van der Waals surface area contributed by atoms with E-state index in [1.165, 1.54) is 12.1 Å². The molecule has 1 atom stereocenters. The number of likely N-dealkylation sites (N-methyl/N-ethyl adjacent to an activating group) is 1. The number of ether oxygens (including phenoxy) is 3. The van der Waals surface area contributed by atoms with Crippen molar-refractivity contribution in [2.45, 2.75) is 32.5 Å². The molecule has 0 aliphatic rings. The van der Waals surface area contributed by atoms with E-state index < -0.39 is 6.10 Å². The zero-order valence-corrected chi connectivity index (χ0v) is 14.9. The second-order valence-electron chi connectivity index (χ2n) is 6.07. The summed E-state index contributed by atoms with van der Waals surface area (Å²) in [7, 11) is 1.95. The second-order valence-corrected chi connectivity index (χ2v) is 6.07. The number of aliphatic hydroxyl groups is 1. The molecular formula is C18H30FNO4. The molecular weight excluding hydrogens is 313 g/mol. The van der Waals surface area contributed by atoms with Crippen LogP contribution >= 0.6 is 0 Å². The topological polar surface area (TPSA) is 51.2 Å². The van der Waals surface area contributed by atoms with Gasteiger partial charge in [-0.05, 0) is 51.6 Å². The summed E-state index contributed by atoms with van der Waals surface area (Å²) in [4.78, 5) is 2.03. The van der Waals surface area contributed by atoms with Crippen LogP contribution in [-0.2, 0) is 9.47 Å². The number of benzene rings is 1. The molecule has 24 heavy (non-hydrogen) atoms. The molecule has 0 fully saturated rings. The van der Waals surface area contributed by atoms with E-state index in [1.807, 2.05) is 25.8 Å². The Morgan fingerprint density at radius 1 is 1.12 bits per heavy atom. The van der Waals surface area contributed by atoms with E-state index in [-0.39, 0.29) is 11.9 Å². The molecule has 0 bridgehead atoms. The Balaban J connectivity index is 2.02. The van der Waals surface area contributed by atoms with Gasteiger partial charge in [0.05, 0.1) is 38.6 Å². The Labute approximate surface area is 144 Å². The van der Waals surface area contributed by atoms with Gasteiger partial charge >= 0.3 is 0 Å². The zero-order chi connectivity index (χ0) is 17.8. The van der Waals surface area contributed by atoms with Crippen LogP contribution in [0.15, 0.2) is 24.3 Å². The number of aliphatic hydroxyl groups excluding tert-OH is 1. The number of nitrogens with zero attached hydrogens (tertiary/aromatic N) is 1. The summed E-state index contributed by atoms with van der Waals surface area (Å²) in [6.07, 6.45) is 0.498. The first kappa shape index (κ1) is 20.8. The standard InChI is InChI=1S/C18H30FNO4/c1-15(2)23-12-11-22-14-17(21)13-20(3)9-4-10-24-18-7-5-16(19)6-8-18/h5-8,15,17,21H,4,9-14H2,1-3H3. The quantitative estimate of drug-likeness (QED) is 0.557. The third-order valence-corrected chi connectivity index (χ3v) is 3.28. The van der Waals surface area contributed by atoms with Crippen molar-refractivity contribution in [2.24, 2.45) is 0 Å². The van der Waals surface area contributed by atoms with Gasteiger partial charge in [-0.3, -0.25) is 0 Å². The fourth-order valence-corrected chi connectivity index (χ4v) is 2.12. The molecule has 0 spiro atoms. The first-order valence-electron chi connectivity index (χ1n) is 8.41. The van der Waals surface area contributed by atoms with Gasteiger partial charge in [0.2, 0.25) is 0 Å². The van der Waals surface area contributed by atoms with Crippen molar-refractivity contribution in [3.63, 3.8) is 0 Å². The van der Waals surface area contributed by atoms with Gasteiger partial charge in [0.15, 0.2) is 0 Å². The van der Waals surface area contributed by atoms with Crippen LogP contribution in [0.4, 0.5) is 4.39 Å². The van der Waals surface area contributed by atoms with Crippen molar-refractivity contribution in [3.8, 4) is 5.75 Å². The molecule has 0 heterocycles. The van der Waals surface area contributed by atoms with Gasteiger partial charge in [0.1, 0.15) is 11.6 Å². The summed E-state index contributed by atoms with van der Waals surface area (Å²) < 4.78 is 29.0. The van der Waals surface area contributed by atoms with Crippen LogP contribution < -0.4 is 4.74 Å². The average molecular weight is 343 g/mol. The van der Waals surface area contributed by atoms with Gasteiger partial charge in [-0.2, -0.15) is 0 Å². The lowest BCUT2D eigenvalue weighted by atomic mass is 10.3. The maximum atomic E-state index is 12.8. The first-order chi connectivity index (χ1) is 11.5. The molecule has 0 saturated carbocycles. The fourth-order valence-electron chi connectivity index (χ4n) is 2.12. The lowest BCUT2D eigenvalue weighted by molar-refractivity contribution is -0.0171. The molecule has 0 saturated heterocycles. The predicted octanol–water partition coefficient (Wildman–Crippen LogP) is 2.33. The van der Waals surface area contributed by atoms with Crippen LogP contribution in [0, 0.1) is 5.82 Å². The molecule has 138 valence electrons. The minimum Gasteiger partial charge on any atom is -0.494 e. The SMILES string of the molecule is CC(C)OCCOCC(O)CN(C)CCCOc1ccc(F)cc1. The van der Waals surface area contributed by atoms with Crippen LogP contribution in [0.5, 0.6) is 5.75 Å². The summed E-state index contributed by atoms with van der Waals surface area (Å²) in [5.41, 5.74) is 0. The molecule has 6 heteroatoms. The van der Waals surface area contributed by atoms with Gasteiger partial charge in [0.25, 0.3) is 0 Å². The normalized spacial score (nSPS) is 12.8. The number of halogens is 1. The van der Waals surface area contributed by atoms with Gasteiger partial charge in [-0.15, -0.1) is 0 Å². The molecule has 0 aromatic heterocycles. The van der Waals surface area contributed by atoms with Crippen LogP contribution in [0.25, 0.3) is 0 Å². The summed E-state index contributed by atoms with van der Waals surface area (Å²) in [6, 6.07) is 5.99. The average Bonchev–Trinajstić information content (AvgIpc) is 2.52. The molecule has 1 aromatic carbocycles. The second kappa shape index (κ2) is 12.2. The third kappa shape index (κ3) is 10.5. The highest BCUT2D eigenvalue weighted by Gasteiger charge is 2.08. The molecule has 0 amide bonds. The van der Waals surface area contributed by atoms with Crippen molar-refractivity contribution in [1.82, 2.24) is 4.90 Å². The van der Waals surface area contributed by atoms with Crippen LogP contribution in [0.2, 0.25) is 0 Å². The van der Waals surface area contributed by atoms with Crippen molar-refractivity contribution >= 4 is 0 Å². The molecule has 5 nitrogen and oxygen atoms in total. The summed E-state index contributed by atoms with van der Waals surface area (Å²) >= 11 is 0. The Kier molecular flexibility index (Phi) is 10.6. The smallest absolute Gasteiger partial charge is 0.123 e. The van der Waals surface area contributed by atoms with Crippen LogP contribution in [-0.4, -0.2) is 68.8 Å². The largest absolute Gasteiger partial charge is 0.494 e. The lowest BCUT2D eigenvalue weighted by Gasteiger charge is -2.20. The van der Waals surface area contributed by atoms with Crippen molar-refractivity contribution in [3.05, 3.63) is 30.1 Å². The fraction of sp³-hybridized carbons (Fsp3) is 0.667. The summed E-state index contributed by atoms with van der Waals surface area (Å²) in [5, 5.41) is 9.91. The van der Waals surface area contributed by atoms with E-state index >= 15 is 0 Å². The summed E-state index contributed by atoms with van der Waals surface area (Å²) in [5.74, 6) is 0.394. The highest BCUT2D eigenvalue weighted by Crippen LogP contribution is 2.11. The maximum Gasteiger partial charge on any atom is 0.123 e. The third-order valence-electron chi connectivity index (χ3n) is 3.28. The Bertz CT molecular complexity index is 428. The van der Waals surface area contributed by atoms with Crippen LogP contribution in [0.1, 0.15) is 20.3 Å². The molecule has 1 N–H and O–H groups in total. The van der Waals surface area contributed by atoms with Crippen molar-refractivity contribution < 1.29 is 23.7 Å². The van der Waals surface area contributed by atoms with E-state index in [2.05, 4.69) is 0 Å². The minimum atomic E-state index is -0.521. The molecule has 1 rings (SSSR count). The zero-order valence-electron chi connectivity index (χ0n) is 14.9. The van der Waals surface area contributed by atoms with E-state index in [0.717, 1.165) is 13.0 Å². The number of hydrogen-bond donors (Lipinski definition) is 1. The molecule has 0 aliphatic carbocycles. The van der Waals surface area contributed by atoms with Gasteiger partial charge in [-0.1, -0.05) is 0 Å². The van der Waals surface area contributed by atoms with E-state index in [9.17, 15) is 9.50 Å². The lowest BCUT2D eigenvalue weighted by Crippen LogP contribution is -2.33. The molecule has 0 radical (unpaired) electrons. The molecule has 1 aromatic rings. The highest BCUT2D eigenvalue weighted by molar-refractivity contribution is 5.21. The maximum absolute atomic E-state index is 12.8. The highest BCUT2D eigenvalue weighted by atomic mass is 19.1. The Morgan fingerprint density at radius 2 is 1.83 bits per heavy atom. The Hall–Kier alpha value is -1.21. The predicted molar refractivity (Wildman–Crippen MR) is 91.9 cm³/mol. The number of rotatable bonds is 13. The van der Waals surface area contributed by atoms with Gasteiger partial charge in [0, 0.05) is 13.1 Å². The van der Waals surface area contributed by atoms with Crippen molar-refractivity contribution in [1.29, 1.82) is 0 Å². The first-order valence-corrected chi connectivity index (χ1v) is 8.41. The van der Waals surface area contributed by atoms with E-state index in [0.29, 0.717) is 38.7 Å².